The van der Waals surface area contributed by atoms with Crippen molar-refractivity contribution in [3.63, 3.8) is 0 Å². The molecule has 0 bridgehead atoms. The van der Waals surface area contributed by atoms with E-state index in [2.05, 4.69) is 11.0 Å². The van der Waals surface area contributed by atoms with E-state index in [-0.39, 0.29) is 23.7 Å². The lowest BCUT2D eigenvalue weighted by molar-refractivity contribution is -0.119. The van der Waals surface area contributed by atoms with Gasteiger partial charge in [0.1, 0.15) is 6.04 Å². The molecule has 39 heavy (non-hydrogen) atoms. The summed E-state index contributed by atoms with van der Waals surface area (Å²) in [7, 11) is 7.60. The van der Waals surface area contributed by atoms with Gasteiger partial charge in [-0.15, -0.1) is 5.10 Å². The molecule has 2 aliphatic rings. The van der Waals surface area contributed by atoms with Gasteiger partial charge in [-0.05, 0) is 71.1 Å². The summed E-state index contributed by atoms with van der Waals surface area (Å²) < 4.78 is 1.76. The Labute approximate surface area is 231 Å². The molecule has 206 valence electrons. The minimum Gasteiger partial charge on any atom is -0.355 e. The van der Waals surface area contributed by atoms with Crippen LogP contribution in [0.4, 0.5) is 11.4 Å². The second-order valence-corrected chi connectivity index (χ2v) is 11.2. The summed E-state index contributed by atoms with van der Waals surface area (Å²) in [5.74, 6) is 0.662. The molecule has 2 amide bonds. The number of carbonyl (C=O) groups excluding carboxylic acids is 2. The van der Waals surface area contributed by atoms with Gasteiger partial charge >= 0.3 is 0 Å². The van der Waals surface area contributed by atoms with E-state index < -0.39 is 0 Å². The fourth-order valence-electron chi connectivity index (χ4n) is 5.65. The maximum atomic E-state index is 13.3. The first-order valence-electron chi connectivity index (χ1n) is 13.8. The zero-order valence-corrected chi connectivity index (χ0v) is 23.9. The second kappa shape index (κ2) is 10.8. The van der Waals surface area contributed by atoms with Crippen LogP contribution in [0.15, 0.2) is 42.5 Å². The Hall–Kier alpha value is -3.72. The predicted octanol–water partition coefficient (Wildman–Crippen LogP) is 3.99. The highest BCUT2D eigenvalue weighted by Gasteiger charge is 2.38. The Morgan fingerprint density at radius 3 is 2.36 bits per heavy atom. The van der Waals surface area contributed by atoms with Crippen LogP contribution in [0.1, 0.15) is 48.8 Å². The fraction of sp³-hybridized carbons (Fsp3) is 0.467. The molecule has 2 aromatic carbocycles. The molecule has 1 saturated carbocycles. The van der Waals surface area contributed by atoms with E-state index in [4.69, 9.17) is 10.1 Å². The monoisotopic (exact) mass is 529 g/mol. The Balaban J connectivity index is 1.60. The number of hydrogen-bond acceptors (Lipinski definition) is 6. The van der Waals surface area contributed by atoms with Crippen LogP contribution in [0.5, 0.6) is 0 Å². The number of benzene rings is 2. The normalized spacial score (nSPS) is 17.7. The number of hydrogen-bond donors (Lipinski definition) is 0. The van der Waals surface area contributed by atoms with E-state index in [0.717, 1.165) is 47.6 Å². The first kappa shape index (κ1) is 26.9. The standard InChI is InChI=1S/C30H39N7O2/c1-20-11-14-24(15-12-20)37-28(31-27(32-37)30(39)34(5)18-17-33(3)4)22-13-16-25-26(19-22)36(23-9-7-8-10-23)21(2)29(38)35(25)6/h11-16,19,21,23H,7-10,17-18H2,1-6H3/t21-/m1/s1. The third kappa shape index (κ3) is 5.15. The van der Waals surface area contributed by atoms with Crippen LogP contribution in [0.25, 0.3) is 17.1 Å². The molecule has 0 N–H and O–H groups in total. The van der Waals surface area contributed by atoms with Crippen molar-refractivity contribution in [3.05, 3.63) is 53.9 Å². The number of aryl methyl sites for hydroxylation is 1. The summed E-state index contributed by atoms with van der Waals surface area (Å²) in [6.45, 7) is 5.37. The number of aromatic nitrogens is 3. The van der Waals surface area contributed by atoms with Crippen molar-refractivity contribution in [2.24, 2.45) is 0 Å². The zero-order valence-electron chi connectivity index (χ0n) is 23.9. The molecule has 2 heterocycles. The fourth-order valence-corrected chi connectivity index (χ4v) is 5.65. The first-order chi connectivity index (χ1) is 18.7. The largest absolute Gasteiger partial charge is 0.355 e. The number of likely N-dealkylation sites (N-methyl/N-ethyl adjacent to an activating group) is 3. The van der Waals surface area contributed by atoms with Crippen molar-refractivity contribution in [2.75, 3.05) is 51.1 Å². The summed E-state index contributed by atoms with van der Waals surface area (Å²) in [6, 6.07) is 14.2. The lowest BCUT2D eigenvalue weighted by Gasteiger charge is -2.43. The molecule has 1 aliphatic heterocycles. The minimum atomic E-state index is -0.238. The van der Waals surface area contributed by atoms with Gasteiger partial charge in [0.05, 0.1) is 17.1 Å². The number of rotatable bonds is 7. The summed E-state index contributed by atoms with van der Waals surface area (Å²) in [5, 5.41) is 4.71. The van der Waals surface area contributed by atoms with Crippen molar-refractivity contribution in [2.45, 2.75) is 51.6 Å². The predicted molar refractivity (Wildman–Crippen MR) is 155 cm³/mol. The summed E-state index contributed by atoms with van der Waals surface area (Å²) >= 11 is 0. The van der Waals surface area contributed by atoms with E-state index >= 15 is 0 Å². The summed E-state index contributed by atoms with van der Waals surface area (Å²) in [6.07, 6.45) is 4.54. The van der Waals surface area contributed by atoms with Crippen LogP contribution in [0.2, 0.25) is 0 Å². The Bertz CT molecular complexity index is 1360. The van der Waals surface area contributed by atoms with Gasteiger partial charge in [0, 0.05) is 38.8 Å². The molecular formula is C30H39N7O2. The van der Waals surface area contributed by atoms with E-state index in [9.17, 15) is 9.59 Å². The molecule has 9 nitrogen and oxygen atoms in total. The number of fused-ring (bicyclic) bond motifs is 1. The molecule has 0 unspecified atom stereocenters. The molecule has 0 saturated heterocycles. The van der Waals surface area contributed by atoms with Gasteiger partial charge in [0.2, 0.25) is 11.7 Å². The Morgan fingerprint density at radius 2 is 1.69 bits per heavy atom. The van der Waals surface area contributed by atoms with E-state index in [1.165, 1.54) is 12.8 Å². The third-order valence-electron chi connectivity index (χ3n) is 8.00. The topological polar surface area (TPSA) is 77.8 Å². The lowest BCUT2D eigenvalue weighted by atomic mass is 10.0. The van der Waals surface area contributed by atoms with Crippen molar-refractivity contribution < 1.29 is 9.59 Å². The lowest BCUT2D eigenvalue weighted by Crippen LogP contribution is -2.54. The molecule has 0 spiro atoms. The van der Waals surface area contributed by atoms with Crippen LogP contribution >= 0.6 is 0 Å². The van der Waals surface area contributed by atoms with Gasteiger partial charge in [-0.3, -0.25) is 9.59 Å². The minimum absolute atomic E-state index is 0.110. The van der Waals surface area contributed by atoms with Gasteiger partial charge in [-0.2, -0.15) is 0 Å². The highest BCUT2D eigenvalue weighted by atomic mass is 16.2. The van der Waals surface area contributed by atoms with E-state index in [0.29, 0.717) is 18.4 Å². The van der Waals surface area contributed by atoms with E-state index in [1.807, 2.05) is 76.3 Å². The van der Waals surface area contributed by atoms with Crippen LogP contribution < -0.4 is 9.80 Å². The van der Waals surface area contributed by atoms with Gasteiger partial charge in [0.15, 0.2) is 5.82 Å². The molecule has 5 rings (SSSR count). The molecule has 3 aromatic rings. The molecule has 1 aliphatic carbocycles. The van der Waals surface area contributed by atoms with Crippen molar-refractivity contribution in [3.8, 4) is 17.1 Å². The molecular weight excluding hydrogens is 490 g/mol. The number of amides is 2. The van der Waals surface area contributed by atoms with Gasteiger partial charge < -0.3 is 19.6 Å². The van der Waals surface area contributed by atoms with Crippen molar-refractivity contribution >= 4 is 23.2 Å². The molecule has 1 fully saturated rings. The average Bonchev–Trinajstić information content (AvgIpc) is 3.61. The van der Waals surface area contributed by atoms with Gasteiger partial charge in [-0.25, -0.2) is 9.67 Å². The maximum Gasteiger partial charge on any atom is 0.293 e. The summed E-state index contributed by atoms with van der Waals surface area (Å²) in [5.41, 5.74) is 4.76. The van der Waals surface area contributed by atoms with Gasteiger partial charge in [0.25, 0.3) is 5.91 Å². The molecule has 0 radical (unpaired) electrons. The quantitative estimate of drug-likeness (QED) is 0.461. The molecule has 1 aromatic heterocycles. The Kier molecular flexibility index (Phi) is 7.44. The highest BCUT2D eigenvalue weighted by molar-refractivity contribution is 6.05. The number of carbonyl (C=O) groups is 2. The van der Waals surface area contributed by atoms with Crippen molar-refractivity contribution in [1.29, 1.82) is 0 Å². The Morgan fingerprint density at radius 1 is 1.00 bits per heavy atom. The first-order valence-corrected chi connectivity index (χ1v) is 13.8. The van der Waals surface area contributed by atoms with Gasteiger partial charge in [-0.1, -0.05) is 30.5 Å². The smallest absolute Gasteiger partial charge is 0.293 e. The number of anilines is 2. The van der Waals surface area contributed by atoms with Crippen molar-refractivity contribution in [1.82, 2.24) is 24.6 Å². The molecule has 9 heteroatoms. The SMILES string of the molecule is Cc1ccc(-n2nc(C(=O)N(C)CCN(C)C)nc2-c2ccc3c(c2)N(C2CCCC2)[C@H](C)C(=O)N3C)cc1. The van der Waals surface area contributed by atoms with Crippen LogP contribution in [0.3, 0.4) is 0 Å². The van der Waals surface area contributed by atoms with Crippen LogP contribution in [-0.4, -0.2) is 89.7 Å². The third-order valence-corrected chi connectivity index (χ3v) is 8.00. The zero-order chi connectivity index (χ0) is 27.8. The van der Waals surface area contributed by atoms with E-state index in [1.54, 1.807) is 21.5 Å². The summed E-state index contributed by atoms with van der Waals surface area (Å²) in [4.78, 5) is 39.0. The maximum absolute atomic E-state index is 13.3. The van der Waals surface area contributed by atoms with Crippen LogP contribution in [0, 0.1) is 6.92 Å². The second-order valence-electron chi connectivity index (χ2n) is 11.2. The number of nitrogens with zero attached hydrogens (tertiary/aromatic N) is 7. The average molecular weight is 530 g/mol. The highest BCUT2D eigenvalue weighted by Crippen LogP contribution is 2.42. The van der Waals surface area contributed by atoms with Crippen LogP contribution in [-0.2, 0) is 4.79 Å². The molecule has 1 atom stereocenters.